The summed E-state index contributed by atoms with van der Waals surface area (Å²) in [4.78, 5) is 0. The zero-order chi connectivity index (χ0) is 36.0. The molecule has 0 fully saturated rings. The molecule has 0 unspecified atom stereocenters. The van der Waals surface area contributed by atoms with Gasteiger partial charge in [0.1, 0.15) is 0 Å². The van der Waals surface area contributed by atoms with Crippen molar-refractivity contribution in [2.75, 3.05) is 0 Å². The Balaban J connectivity index is 1.18. The number of fused-ring (bicyclic) bond motifs is 11. The number of rotatable bonds is 4. The molecule has 12 rings (SSSR count). The van der Waals surface area contributed by atoms with Crippen LogP contribution in [0.5, 0.6) is 0 Å². The monoisotopic (exact) mass is 699 g/mol. The molecular formula is C52H33N3. The second-order valence-electron chi connectivity index (χ2n) is 14.5. The fourth-order valence-electron chi connectivity index (χ4n) is 9.24. The van der Waals surface area contributed by atoms with Crippen LogP contribution in [-0.4, -0.2) is 13.7 Å². The molecule has 0 radical (unpaired) electrons. The second kappa shape index (κ2) is 11.6. The van der Waals surface area contributed by atoms with Crippen LogP contribution >= 0.6 is 0 Å². The van der Waals surface area contributed by atoms with Gasteiger partial charge in [0, 0.05) is 49.1 Å². The lowest BCUT2D eigenvalue weighted by Crippen LogP contribution is -1.99. The van der Waals surface area contributed by atoms with Gasteiger partial charge in [0.25, 0.3) is 0 Å². The van der Waals surface area contributed by atoms with Crippen LogP contribution < -0.4 is 0 Å². The number of para-hydroxylation sites is 4. The summed E-state index contributed by atoms with van der Waals surface area (Å²) in [7, 11) is 0. The summed E-state index contributed by atoms with van der Waals surface area (Å²) in [6, 6.07) is 73.2. The standard InChI is InChI=1S/C52H33N3/c1-3-16-37(17-4-1)53-47-23-11-10-22-41(47)44-32-35(26-30-49(44)53)36-27-31-50-45(33-36)43-29-28-42-40-21-9-12-24-48(40)54(38-18-5-2-6-19-38)51(42)52(43)55(50)46-25-13-15-34-14-7-8-20-39(34)46/h1-33H. The maximum Gasteiger partial charge on any atom is 0.0789 e. The molecule has 0 aliphatic carbocycles. The van der Waals surface area contributed by atoms with Crippen molar-refractivity contribution in [2.24, 2.45) is 0 Å². The predicted octanol–water partition coefficient (Wildman–Crippen LogP) is 13.8. The van der Waals surface area contributed by atoms with E-state index in [4.69, 9.17) is 0 Å². The number of hydrogen-bond donors (Lipinski definition) is 0. The molecule has 9 aromatic carbocycles. The van der Waals surface area contributed by atoms with E-state index in [-0.39, 0.29) is 0 Å². The number of hydrogen-bond acceptors (Lipinski definition) is 0. The van der Waals surface area contributed by atoms with Gasteiger partial charge in [-0.05, 0) is 83.2 Å². The normalized spacial score (nSPS) is 12.0. The first-order valence-electron chi connectivity index (χ1n) is 18.9. The maximum absolute atomic E-state index is 2.52. The zero-order valence-electron chi connectivity index (χ0n) is 29.9. The average molecular weight is 700 g/mol. The van der Waals surface area contributed by atoms with Gasteiger partial charge in [-0.25, -0.2) is 0 Å². The minimum absolute atomic E-state index is 1.15. The van der Waals surface area contributed by atoms with E-state index in [1.54, 1.807) is 0 Å². The predicted molar refractivity (Wildman–Crippen MR) is 232 cm³/mol. The number of benzene rings is 9. The van der Waals surface area contributed by atoms with Crippen molar-refractivity contribution < 1.29 is 0 Å². The minimum Gasteiger partial charge on any atom is -0.309 e. The zero-order valence-corrected chi connectivity index (χ0v) is 29.9. The van der Waals surface area contributed by atoms with Crippen LogP contribution in [0.2, 0.25) is 0 Å². The largest absolute Gasteiger partial charge is 0.309 e. The Morgan fingerprint density at radius 1 is 0.255 bits per heavy atom. The summed E-state index contributed by atoms with van der Waals surface area (Å²) < 4.78 is 7.37. The van der Waals surface area contributed by atoms with E-state index in [1.807, 2.05) is 0 Å². The van der Waals surface area contributed by atoms with E-state index in [1.165, 1.54) is 98.7 Å². The summed E-state index contributed by atoms with van der Waals surface area (Å²) >= 11 is 0. The van der Waals surface area contributed by atoms with Gasteiger partial charge in [-0.1, -0.05) is 133 Å². The van der Waals surface area contributed by atoms with Gasteiger partial charge < -0.3 is 13.7 Å². The van der Waals surface area contributed by atoms with Gasteiger partial charge in [-0.2, -0.15) is 0 Å². The molecule has 0 saturated carbocycles. The highest BCUT2D eigenvalue weighted by molar-refractivity contribution is 6.24. The molecule has 0 spiro atoms. The van der Waals surface area contributed by atoms with E-state index in [2.05, 4.69) is 214 Å². The molecule has 12 aromatic rings. The Kier molecular flexibility index (Phi) is 6.34. The van der Waals surface area contributed by atoms with Crippen molar-refractivity contribution in [3.63, 3.8) is 0 Å². The lowest BCUT2D eigenvalue weighted by Gasteiger charge is -2.14. The van der Waals surface area contributed by atoms with E-state index >= 15 is 0 Å². The number of nitrogens with zero attached hydrogens (tertiary/aromatic N) is 3. The van der Waals surface area contributed by atoms with Crippen molar-refractivity contribution in [2.45, 2.75) is 0 Å². The highest BCUT2D eigenvalue weighted by Gasteiger charge is 2.22. The molecule has 0 N–H and O–H groups in total. The third-order valence-electron chi connectivity index (χ3n) is 11.6. The summed E-state index contributed by atoms with van der Waals surface area (Å²) in [6.45, 7) is 0. The Bertz CT molecular complexity index is 3470. The van der Waals surface area contributed by atoms with Crippen molar-refractivity contribution >= 4 is 76.2 Å². The first-order valence-corrected chi connectivity index (χ1v) is 18.9. The van der Waals surface area contributed by atoms with Crippen LogP contribution in [0.25, 0.3) is 104 Å². The molecular weight excluding hydrogens is 667 g/mol. The van der Waals surface area contributed by atoms with Crippen LogP contribution in [0.4, 0.5) is 0 Å². The maximum atomic E-state index is 2.52. The van der Waals surface area contributed by atoms with Crippen LogP contribution in [0, 0.1) is 0 Å². The molecule has 3 nitrogen and oxygen atoms in total. The topological polar surface area (TPSA) is 14.8 Å². The van der Waals surface area contributed by atoms with E-state index in [0.717, 1.165) is 5.69 Å². The van der Waals surface area contributed by atoms with Gasteiger partial charge in [0.15, 0.2) is 0 Å². The van der Waals surface area contributed by atoms with Crippen molar-refractivity contribution in [1.29, 1.82) is 0 Å². The molecule has 256 valence electrons. The highest BCUT2D eigenvalue weighted by Crippen LogP contribution is 2.44. The molecule has 3 aromatic heterocycles. The number of aromatic nitrogens is 3. The fraction of sp³-hybridized carbons (Fsp3) is 0. The molecule has 3 heterocycles. The van der Waals surface area contributed by atoms with E-state index in [0.29, 0.717) is 0 Å². The molecule has 55 heavy (non-hydrogen) atoms. The van der Waals surface area contributed by atoms with Gasteiger partial charge in [-0.15, -0.1) is 0 Å². The highest BCUT2D eigenvalue weighted by atomic mass is 15.0. The van der Waals surface area contributed by atoms with Crippen LogP contribution in [-0.2, 0) is 0 Å². The lowest BCUT2D eigenvalue weighted by molar-refractivity contribution is 1.16. The molecule has 0 bridgehead atoms. The Morgan fingerprint density at radius 2 is 0.709 bits per heavy atom. The van der Waals surface area contributed by atoms with E-state index < -0.39 is 0 Å². The minimum atomic E-state index is 1.15. The van der Waals surface area contributed by atoms with Gasteiger partial charge >= 0.3 is 0 Å². The summed E-state index contributed by atoms with van der Waals surface area (Å²) in [5.74, 6) is 0. The Labute approximate surface area is 317 Å². The summed E-state index contributed by atoms with van der Waals surface area (Å²) in [6.07, 6.45) is 0. The summed E-state index contributed by atoms with van der Waals surface area (Å²) in [5, 5.41) is 9.94. The van der Waals surface area contributed by atoms with Gasteiger partial charge in [0.05, 0.1) is 38.8 Å². The molecule has 3 heteroatoms. The second-order valence-corrected chi connectivity index (χ2v) is 14.5. The smallest absolute Gasteiger partial charge is 0.0789 e. The first kappa shape index (κ1) is 30.1. The van der Waals surface area contributed by atoms with Gasteiger partial charge in [-0.3, -0.25) is 0 Å². The van der Waals surface area contributed by atoms with Crippen LogP contribution in [0.1, 0.15) is 0 Å². The summed E-state index contributed by atoms with van der Waals surface area (Å²) in [5.41, 5.74) is 13.1. The van der Waals surface area contributed by atoms with Crippen LogP contribution in [0.15, 0.2) is 200 Å². The molecule has 0 aliphatic heterocycles. The quantitative estimate of drug-likeness (QED) is 0.174. The van der Waals surface area contributed by atoms with Gasteiger partial charge in [0.2, 0.25) is 0 Å². The molecule has 0 saturated heterocycles. The lowest BCUT2D eigenvalue weighted by atomic mass is 10.00. The SMILES string of the molecule is c1ccc(-n2c3ccccc3c3cc(-c4ccc5c(c4)c4ccc6c7ccccc7n(-c7ccccc7)c6c4n5-c4cccc5ccccc45)ccc32)cc1. The Morgan fingerprint density at radius 3 is 1.40 bits per heavy atom. The molecule has 0 amide bonds. The molecule has 0 atom stereocenters. The van der Waals surface area contributed by atoms with Crippen molar-refractivity contribution in [1.82, 2.24) is 13.7 Å². The third-order valence-corrected chi connectivity index (χ3v) is 11.6. The fourth-order valence-corrected chi connectivity index (χ4v) is 9.24. The van der Waals surface area contributed by atoms with E-state index in [9.17, 15) is 0 Å². The van der Waals surface area contributed by atoms with Crippen LogP contribution in [0.3, 0.4) is 0 Å². The Hall–Kier alpha value is -7.36. The third kappa shape index (κ3) is 4.32. The van der Waals surface area contributed by atoms with Crippen molar-refractivity contribution in [3.05, 3.63) is 200 Å². The molecule has 0 aliphatic rings. The average Bonchev–Trinajstić information content (AvgIpc) is 3.89. The first-order chi connectivity index (χ1) is 27.3. The van der Waals surface area contributed by atoms with Crippen molar-refractivity contribution in [3.8, 4) is 28.2 Å².